The summed E-state index contributed by atoms with van der Waals surface area (Å²) in [6.45, 7) is 3.63. The van der Waals surface area contributed by atoms with E-state index in [1.807, 2.05) is 0 Å². The second-order valence-electron chi connectivity index (χ2n) is 3.83. The van der Waals surface area contributed by atoms with Gasteiger partial charge in [-0.25, -0.2) is 9.09 Å². The Morgan fingerprint density at radius 2 is 2.07 bits per heavy atom. The summed E-state index contributed by atoms with van der Waals surface area (Å²) in [5.41, 5.74) is 0. The van der Waals surface area contributed by atoms with Crippen molar-refractivity contribution in [2.45, 2.75) is 6.42 Å². The van der Waals surface area contributed by atoms with Gasteiger partial charge in [0.1, 0.15) is 0 Å². The zero-order valence-corrected chi connectivity index (χ0v) is 9.81. The molecule has 0 saturated carbocycles. The van der Waals surface area contributed by atoms with E-state index < -0.39 is 7.82 Å². The highest BCUT2D eigenvalue weighted by Gasteiger charge is 2.23. The Kier molecular flexibility index (Phi) is 5.34. The van der Waals surface area contributed by atoms with Gasteiger partial charge in [0.05, 0.1) is 27.1 Å². The van der Waals surface area contributed by atoms with E-state index in [1.165, 1.54) is 6.08 Å². The number of allylic oxidation sites excluding steroid dienone is 1. The van der Waals surface area contributed by atoms with Gasteiger partial charge in [-0.2, -0.15) is 0 Å². The molecule has 0 aromatic heterocycles. The third kappa shape index (κ3) is 8.47. The molecular weight excluding hydrogens is 221 g/mol. The maximum Gasteiger partial charge on any atom is 0.474 e. The maximum atomic E-state index is 10.9. The molecule has 0 fully saturated rings. The third-order valence-electron chi connectivity index (χ3n) is 1.77. The first kappa shape index (κ1) is 14.5. The topological polar surface area (TPSA) is 83.8 Å². The molecule has 2 N–H and O–H groups in total. The molecule has 0 unspecified atom stereocenters. The van der Waals surface area contributed by atoms with Gasteiger partial charge in [0.25, 0.3) is 0 Å². The van der Waals surface area contributed by atoms with Crippen molar-refractivity contribution in [2.24, 2.45) is 0 Å². The SMILES string of the molecule is C=CC(=O)CC[N+](C)(C)COP(=O)(O)O. The normalized spacial score (nSPS) is 12.5. The van der Waals surface area contributed by atoms with Crippen LogP contribution in [0.25, 0.3) is 0 Å². The van der Waals surface area contributed by atoms with Gasteiger partial charge in [-0.05, 0) is 6.08 Å². The molecule has 0 bridgehead atoms. The monoisotopic (exact) mass is 238 g/mol. The fourth-order valence-corrected chi connectivity index (χ4v) is 1.27. The highest BCUT2D eigenvalue weighted by atomic mass is 31.2. The summed E-state index contributed by atoms with van der Waals surface area (Å²) >= 11 is 0. The van der Waals surface area contributed by atoms with Crippen LogP contribution in [-0.4, -0.2) is 47.4 Å². The Hall–Kier alpha value is -0.520. The van der Waals surface area contributed by atoms with E-state index in [4.69, 9.17) is 9.79 Å². The summed E-state index contributed by atoms with van der Waals surface area (Å²) in [6.07, 6.45) is 1.50. The van der Waals surface area contributed by atoms with Crippen LogP contribution >= 0.6 is 7.82 Å². The summed E-state index contributed by atoms with van der Waals surface area (Å²) in [7, 11) is -1.01. The molecule has 0 amide bonds. The van der Waals surface area contributed by atoms with Crippen LogP contribution in [0.1, 0.15) is 6.42 Å². The van der Waals surface area contributed by atoms with Crippen molar-refractivity contribution in [3.8, 4) is 0 Å². The van der Waals surface area contributed by atoms with Crippen molar-refractivity contribution >= 4 is 13.6 Å². The lowest BCUT2D eigenvalue weighted by molar-refractivity contribution is -0.905. The Morgan fingerprint density at radius 3 is 2.47 bits per heavy atom. The van der Waals surface area contributed by atoms with Gasteiger partial charge in [0.15, 0.2) is 12.5 Å². The van der Waals surface area contributed by atoms with Crippen LogP contribution in [0.3, 0.4) is 0 Å². The van der Waals surface area contributed by atoms with E-state index in [1.54, 1.807) is 14.1 Å². The Balaban J connectivity index is 4.02. The number of phosphoric acid groups is 1. The predicted molar refractivity (Wildman–Crippen MR) is 54.8 cm³/mol. The van der Waals surface area contributed by atoms with Crippen LogP contribution < -0.4 is 0 Å². The van der Waals surface area contributed by atoms with Crippen LogP contribution in [0.5, 0.6) is 0 Å². The van der Waals surface area contributed by atoms with Crippen LogP contribution in [0, 0.1) is 0 Å². The second kappa shape index (κ2) is 5.53. The van der Waals surface area contributed by atoms with E-state index in [2.05, 4.69) is 11.1 Å². The largest absolute Gasteiger partial charge is 0.474 e. The van der Waals surface area contributed by atoms with Gasteiger partial charge in [-0.15, -0.1) is 0 Å². The molecule has 88 valence electrons. The highest BCUT2D eigenvalue weighted by molar-refractivity contribution is 7.46. The average molecular weight is 238 g/mol. The molecule has 15 heavy (non-hydrogen) atoms. The first-order chi connectivity index (χ1) is 6.66. The number of hydrogen-bond donors (Lipinski definition) is 2. The van der Waals surface area contributed by atoms with Crippen molar-refractivity contribution in [2.75, 3.05) is 27.4 Å². The van der Waals surface area contributed by atoms with E-state index in [0.29, 0.717) is 6.54 Å². The fraction of sp³-hybridized carbons (Fsp3) is 0.625. The Labute approximate surface area is 89.0 Å². The van der Waals surface area contributed by atoms with Crippen LogP contribution in [0.4, 0.5) is 0 Å². The van der Waals surface area contributed by atoms with Crippen molar-refractivity contribution in [3.63, 3.8) is 0 Å². The van der Waals surface area contributed by atoms with E-state index in [0.717, 1.165) is 0 Å². The van der Waals surface area contributed by atoms with Gasteiger partial charge >= 0.3 is 7.82 Å². The summed E-state index contributed by atoms with van der Waals surface area (Å²) in [6, 6.07) is 0. The summed E-state index contributed by atoms with van der Waals surface area (Å²) in [4.78, 5) is 27.9. The van der Waals surface area contributed by atoms with Gasteiger partial charge in [-0.1, -0.05) is 6.58 Å². The lowest BCUT2D eigenvalue weighted by atomic mass is 10.2. The summed E-state index contributed by atoms with van der Waals surface area (Å²) < 4.78 is 15.0. The van der Waals surface area contributed by atoms with E-state index in [-0.39, 0.29) is 23.4 Å². The van der Waals surface area contributed by atoms with Crippen LogP contribution in [0.2, 0.25) is 0 Å². The van der Waals surface area contributed by atoms with Crippen molar-refractivity contribution in [1.82, 2.24) is 0 Å². The number of hydrogen-bond acceptors (Lipinski definition) is 3. The lowest BCUT2D eigenvalue weighted by Gasteiger charge is -2.28. The molecule has 0 aliphatic rings. The minimum absolute atomic E-state index is 0.0996. The minimum atomic E-state index is -4.44. The molecule has 0 aromatic rings. The predicted octanol–water partition coefficient (Wildman–Crippen LogP) is 0.275. The molecule has 0 aliphatic heterocycles. The number of quaternary nitrogens is 1. The van der Waals surface area contributed by atoms with Gasteiger partial charge < -0.3 is 14.3 Å². The molecule has 6 nitrogen and oxygen atoms in total. The van der Waals surface area contributed by atoms with Gasteiger partial charge in [0, 0.05) is 0 Å². The molecular formula is C8H17NO5P+. The zero-order valence-electron chi connectivity index (χ0n) is 8.92. The molecule has 0 aromatic carbocycles. The van der Waals surface area contributed by atoms with Gasteiger partial charge in [0.2, 0.25) is 0 Å². The Bertz CT molecular complexity index is 283. The highest BCUT2D eigenvalue weighted by Crippen LogP contribution is 2.36. The molecule has 0 atom stereocenters. The molecule has 0 heterocycles. The van der Waals surface area contributed by atoms with E-state index in [9.17, 15) is 9.36 Å². The summed E-state index contributed by atoms with van der Waals surface area (Å²) in [5, 5.41) is 0. The molecule has 7 heteroatoms. The van der Waals surface area contributed by atoms with Gasteiger partial charge in [-0.3, -0.25) is 4.79 Å². The lowest BCUT2D eigenvalue weighted by Crippen LogP contribution is -2.42. The molecule has 0 saturated heterocycles. The third-order valence-corrected chi connectivity index (χ3v) is 2.22. The molecule has 0 rings (SSSR count). The smallest absolute Gasteiger partial charge is 0.305 e. The maximum absolute atomic E-state index is 10.9. The number of nitrogens with zero attached hydrogens (tertiary/aromatic N) is 1. The first-order valence-corrected chi connectivity index (χ1v) is 5.87. The van der Waals surface area contributed by atoms with Crippen molar-refractivity contribution < 1.29 is 28.2 Å². The summed E-state index contributed by atoms with van der Waals surface area (Å²) in [5.74, 6) is -0.0996. The quantitative estimate of drug-likeness (QED) is 0.288. The zero-order chi connectivity index (χ0) is 12.1. The number of ketones is 1. The fourth-order valence-electron chi connectivity index (χ4n) is 0.811. The molecule has 0 radical (unpaired) electrons. The first-order valence-electron chi connectivity index (χ1n) is 4.34. The van der Waals surface area contributed by atoms with Crippen molar-refractivity contribution in [1.29, 1.82) is 0 Å². The van der Waals surface area contributed by atoms with E-state index >= 15 is 0 Å². The number of carbonyl (C=O) groups excluding carboxylic acids is 1. The minimum Gasteiger partial charge on any atom is -0.305 e. The second-order valence-corrected chi connectivity index (χ2v) is 5.07. The Morgan fingerprint density at radius 1 is 1.53 bits per heavy atom. The number of phosphoric ester groups is 1. The molecule has 0 spiro atoms. The van der Waals surface area contributed by atoms with Crippen LogP contribution in [0.15, 0.2) is 12.7 Å². The van der Waals surface area contributed by atoms with Crippen LogP contribution in [-0.2, 0) is 13.9 Å². The standard InChI is InChI=1S/C8H16NO5P/c1-4-8(10)5-6-9(2,3)7-14-15(11,12)13/h4H,1,5-7H2,2-3H3,(H-,11,12,13)/p+1. The number of rotatable bonds is 7. The van der Waals surface area contributed by atoms with Crippen molar-refractivity contribution in [3.05, 3.63) is 12.7 Å². The molecule has 0 aliphatic carbocycles. The average Bonchev–Trinajstić information content (AvgIpc) is 2.10. The number of carbonyl (C=O) groups is 1.